The molecule has 1 aliphatic carbocycles. The van der Waals surface area contributed by atoms with Crippen LogP contribution in [-0.4, -0.2) is 83.8 Å². The fourth-order valence-electron chi connectivity index (χ4n) is 4.45. The molecule has 3 rings (SSSR count). The number of aryl methyl sites for hydroxylation is 1. The number of aliphatic hydroxyl groups is 3. The van der Waals surface area contributed by atoms with Gasteiger partial charge in [-0.15, -0.1) is 0 Å². The number of rotatable bonds is 13. The molecule has 0 bridgehead atoms. The number of nitrogens with one attached hydrogen (secondary N) is 1. The molecular weight excluding hydrogens is 631 g/mol. The molecule has 218 valence electrons. The predicted octanol–water partition coefficient (Wildman–Crippen LogP) is 2.08. The fourth-order valence-corrected chi connectivity index (χ4v) is 5.24. The number of ether oxygens (including phenoxy) is 3. The Hall–Kier alpha value is -2.71. The number of carbonyl (C=O) groups is 2. The highest BCUT2D eigenvalue weighted by Crippen LogP contribution is 2.37. The van der Waals surface area contributed by atoms with Crippen molar-refractivity contribution in [3.8, 4) is 11.5 Å². The molecule has 0 saturated heterocycles. The van der Waals surface area contributed by atoms with Crippen LogP contribution in [0.4, 0.5) is 0 Å². The molecule has 1 aliphatic rings. The van der Waals surface area contributed by atoms with Crippen LogP contribution in [0.15, 0.2) is 48.0 Å². The van der Waals surface area contributed by atoms with Gasteiger partial charge in [0.1, 0.15) is 18.8 Å². The summed E-state index contributed by atoms with van der Waals surface area (Å²) >= 11 is 2.05. The molecule has 40 heavy (non-hydrogen) atoms. The third-order valence-corrected chi connectivity index (χ3v) is 7.37. The van der Waals surface area contributed by atoms with E-state index in [0.717, 1.165) is 11.1 Å². The molecule has 4 N–H and O–H groups in total. The first-order valence-electron chi connectivity index (χ1n) is 13.1. The van der Waals surface area contributed by atoms with Crippen molar-refractivity contribution in [2.45, 2.75) is 51.7 Å². The average molecular weight is 669 g/mol. The first-order valence-corrected chi connectivity index (χ1v) is 14.1. The monoisotopic (exact) mass is 668 g/mol. The van der Waals surface area contributed by atoms with Gasteiger partial charge >= 0.3 is 0 Å². The standard InChI is InChI=1S/C29H37IN2O8/c1-4-39-17-26(35)32(15-19-7-5-18(2)6-8-19)23-13-21(29(37)31-9-10-33)14-24(27(23)36)40-28-22(30)11-20(16-34)12-25(28)38-3/h5-8,11-12,14,23-24,27,33-34,36H,4,9-10,13,15-17H2,1-3H3,(H,31,37)/t23-,24+,27+/m1/s1. The maximum absolute atomic E-state index is 13.4. The van der Waals surface area contributed by atoms with Crippen LogP contribution in [0, 0.1) is 10.5 Å². The third-order valence-electron chi connectivity index (χ3n) is 6.56. The zero-order valence-electron chi connectivity index (χ0n) is 22.9. The molecule has 2 amide bonds. The van der Waals surface area contributed by atoms with Gasteiger partial charge in [-0.2, -0.15) is 0 Å². The molecule has 0 aromatic heterocycles. The van der Waals surface area contributed by atoms with E-state index < -0.39 is 24.2 Å². The molecule has 0 spiro atoms. The van der Waals surface area contributed by atoms with E-state index in [4.69, 9.17) is 14.2 Å². The van der Waals surface area contributed by atoms with E-state index >= 15 is 0 Å². The Morgan fingerprint density at radius 3 is 2.50 bits per heavy atom. The fraction of sp³-hybridized carbons (Fsp3) is 0.448. The number of nitrogens with zero attached hydrogens (tertiary/aromatic N) is 1. The number of amides is 2. The summed E-state index contributed by atoms with van der Waals surface area (Å²) < 4.78 is 17.8. The molecule has 0 unspecified atom stereocenters. The molecule has 0 radical (unpaired) electrons. The first kappa shape index (κ1) is 31.8. The molecule has 0 saturated carbocycles. The molecule has 10 nitrogen and oxygen atoms in total. The van der Waals surface area contributed by atoms with Crippen molar-refractivity contribution in [1.29, 1.82) is 0 Å². The molecule has 0 fully saturated rings. The summed E-state index contributed by atoms with van der Waals surface area (Å²) in [5.41, 5.74) is 2.87. The zero-order chi connectivity index (χ0) is 29.2. The lowest BCUT2D eigenvalue weighted by molar-refractivity contribution is -0.144. The molecule has 3 atom stereocenters. The van der Waals surface area contributed by atoms with Crippen LogP contribution in [0.25, 0.3) is 0 Å². The average Bonchev–Trinajstić information content (AvgIpc) is 2.96. The quantitative estimate of drug-likeness (QED) is 0.238. The van der Waals surface area contributed by atoms with Crippen molar-refractivity contribution < 1.29 is 39.1 Å². The number of carbonyl (C=O) groups excluding carboxylic acids is 2. The van der Waals surface area contributed by atoms with Crippen LogP contribution in [0.1, 0.15) is 30.0 Å². The largest absolute Gasteiger partial charge is 0.493 e. The third kappa shape index (κ3) is 8.16. The van der Waals surface area contributed by atoms with Crippen molar-refractivity contribution >= 4 is 34.4 Å². The van der Waals surface area contributed by atoms with Crippen molar-refractivity contribution in [2.75, 3.05) is 33.5 Å². The molecule has 11 heteroatoms. The summed E-state index contributed by atoms with van der Waals surface area (Å²) in [6, 6.07) is 10.3. The Morgan fingerprint density at radius 1 is 1.15 bits per heavy atom. The van der Waals surface area contributed by atoms with Gasteiger partial charge in [0.05, 0.1) is 29.9 Å². The Labute approximate surface area is 248 Å². The summed E-state index contributed by atoms with van der Waals surface area (Å²) in [5, 5.41) is 33.1. The number of methoxy groups -OCH3 is 1. The van der Waals surface area contributed by atoms with E-state index in [-0.39, 0.29) is 45.2 Å². The van der Waals surface area contributed by atoms with Crippen LogP contribution in [0.5, 0.6) is 11.5 Å². The van der Waals surface area contributed by atoms with Crippen LogP contribution in [0.2, 0.25) is 0 Å². The Morgan fingerprint density at radius 2 is 1.88 bits per heavy atom. The zero-order valence-corrected chi connectivity index (χ0v) is 25.1. The minimum Gasteiger partial charge on any atom is -0.493 e. The van der Waals surface area contributed by atoms with Crippen molar-refractivity contribution in [1.82, 2.24) is 10.2 Å². The number of hydrogen-bond acceptors (Lipinski definition) is 8. The molecule has 0 heterocycles. The van der Waals surface area contributed by atoms with E-state index in [2.05, 4.69) is 27.9 Å². The SMILES string of the molecule is CCOCC(=O)N(Cc1ccc(C)cc1)[C@@H]1CC(C(=O)NCCO)=C[C@H](Oc2c(I)cc(CO)cc2OC)[C@H]1O. The number of benzene rings is 2. The van der Waals surface area contributed by atoms with E-state index in [1.807, 2.05) is 31.2 Å². The molecule has 0 aliphatic heterocycles. The van der Waals surface area contributed by atoms with Crippen LogP contribution >= 0.6 is 22.6 Å². The summed E-state index contributed by atoms with van der Waals surface area (Å²) in [6.07, 6.45) is -0.611. The Balaban J connectivity index is 2.02. The van der Waals surface area contributed by atoms with Gasteiger partial charge in [0.25, 0.3) is 0 Å². The first-order chi connectivity index (χ1) is 19.2. The lowest BCUT2D eigenvalue weighted by Crippen LogP contribution is -2.55. The van der Waals surface area contributed by atoms with Crippen LogP contribution in [-0.2, 0) is 27.5 Å². The number of aliphatic hydroxyl groups excluding tert-OH is 3. The molecule has 2 aromatic rings. The van der Waals surface area contributed by atoms with Gasteiger partial charge in [-0.3, -0.25) is 9.59 Å². The lowest BCUT2D eigenvalue weighted by atomic mass is 9.87. The lowest BCUT2D eigenvalue weighted by Gasteiger charge is -2.40. The smallest absolute Gasteiger partial charge is 0.249 e. The highest BCUT2D eigenvalue weighted by molar-refractivity contribution is 14.1. The van der Waals surface area contributed by atoms with Crippen LogP contribution < -0.4 is 14.8 Å². The van der Waals surface area contributed by atoms with Gasteiger partial charge in [-0.25, -0.2) is 0 Å². The van der Waals surface area contributed by atoms with Gasteiger partial charge < -0.3 is 39.7 Å². The second kappa shape index (κ2) is 15.3. The van der Waals surface area contributed by atoms with Gasteiger partial charge in [0.15, 0.2) is 11.5 Å². The Kier molecular flexibility index (Phi) is 12.2. The number of hydrogen-bond donors (Lipinski definition) is 4. The van der Waals surface area contributed by atoms with Crippen molar-refractivity contribution in [3.05, 3.63) is 68.3 Å². The van der Waals surface area contributed by atoms with Gasteiger partial charge in [0, 0.05) is 31.7 Å². The summed E-state index contributed by atoms with van der Waals surface area (Å²) in [7, 11) is 1.47. The van der Waals surface area contributed by atoms with Crippen LogP contribution in [0.3, 0.4) is 0 Å². The maximum atomic E-state index is 13.4. The van der Waals surface area contributed by atoms with Gasteiger partial charge in [0.2, 0.25) is 11.8 Å². The predicted molar refractivity (Wildman–Crippen MR) is 157 cm³/mol. The summed E-state index contributed by atoms with van der Waals surface area (Å²) in [6.45, 7) is 3.76. The topological polar surface area (TPSA) is 138 Å². The maximum Gasteiger partial charge on any atom is 0.249 e. The minimum atomic E-state index is -1.21. The second-order valence-corrected chi connectivity index (χ2v) is 10.6. The summed E-state index contributed by atoms with van der Waals surface area (Å²) in [5.74, 6) is -0.0675. The normalized spacial score (nSPS) is 18.6. The van der Waals surface area contributed by atoms with E-state index in [9.17, 15) is 24.9 Å². The second-order valence-electron chi connectivity index (χ2n) is 9.43. The van der Waals surface area contributed by atoms with Gasteiger partial charge in [-0.1, -0.05) is 29.8 Å². The minimum absolute atomic E-state index is 0.0552. The summed E-state index contributed by atoms with van der Waals surface area (Å²) in [4.78, 5) is 28.0. The van der Waals surface area contributed by atoms with Gasteiger partial charge in [-0.05, 0) is 65.8 Å². The highest BCUT2D eigenvalue weighted by atomic mass is 127. The van der Waals surface area contributed by atoms with Crippen molar-refractivity contribution in [3.63, 3.8) is 0 Å². The Bertz CT molecular complexity index is 1190. The van der Waals surface area contributed by atoms with E-state index in [0.29, 0.717) is 32.8 Å². The number of halogens is 1. The van der Waals surface area contributed by atoms with E-state index in [1.165, 1.54) is 12.0 Å². The van der Waals surface area contributed by atoms with Crippen molar-refractivity contribution in [2.24, 2.45) is 0 Å². The molecule has 2 aromatic carbocycles. The highest BCUT2D eigenvalue weighted by Gasteiger charge is 2.41. The molecular formula is C29H37IN2O8. The van der Waals surface area contributed by atoms with E-state index in [1.54, 1.807) is 25.1 Å².